The largest absolute Gasteiger partial charge is 0.497 e. The zero-order valence-electron chi connectivity index (χ0n) is 13.5. The zero-order valence-corrected chi connectivity index (χ0v) is 14.3. The normalized spacial score (nSPS) is 11.8. The molecule has 0 fully saturated rings. The lowest BCUT2D eigenvalue weighted by atomic mass is 10.1. The minimum absolute atomic E-state index is 0.183. The Hall–Kier alpha value is -2.12. The summed E-state index contributed by atoms with van der Waals surface area (Å²) in [5.41, 5.74) is 6.76. The quantitative estimate of drug-likeness (QED) is 0.811. The van der Waals surface area contributed by atoms with E-state index in [4.69, 9.17) is 15.2 Å². The minimum Gasteiger partial charge on any atom is -0.497 e. The smallest absolute Gasteiger partial charge is 0.255 e. The van der Waals surface area contributed by atoms with E-state index < -0.39 is 0 Å². The predicted octanol–water partition coefficient (Wildman–Crippen LogP) is 2.29. The van der Waals surface area contributed by atoms with Crippen LogP contribution in [-0.2, 0) is 0 Å². The first-order valence-corrected chi connectivity index (χ1v) is 8.17. The Morgan fingerprint density at radius 2 is 2.26 bits per heavy atom. The van der Waals surface area contributed by atoms with Crippen LogP contribution in [0.1, 0.15) is 34.0 Å². The van der Waals surface area contributed by atoms with E-state index in [0.717, 1.165) is 10.7 Å². The highest BCUT2D eigenvalue weighted by atomic mass is 32.1. The van der Waals surface area contributed by atoms with Crippen molar-refractivity contribution in [3.63, 3.8) is 0 Å². The fraction of sp³-hybridized carbons (Fsp3) is 0.375. The van der Waals surface area contributed by atoms with Gasteiger partial charge in [-0.15, -0.1) is 11.3 Å². The lowest BCUT2D eigenvalue weighted by molar-refractivity contribution is 0.0935. The number of amides is 1. The number of thiazole rings is 1. The van der Waals surface area contributed by atoms with Gasteiger partial charge in [0.1, 0.15) is 18.1 Å². The number of benzene rings is 1. The van der Waals surface area contributed by atoms with Gasteiger partial charge in [0.15, 0.2) is 0 Å². The fourth-order valence-corrected chi connectivity index (χ4v) is 2.74. The molecule has 1 unspecified atom stereocenters. The van der Waals surface area contributed by atoms with E-state index >= 15 is 0 Å². The van der Waals surface area contributed by atoms with Gasteiger partial charge in [0.2, 0.25) is 0 Å². The van der Waals surface area contributed by atoms with Gasteiger partial charge in [0, 0.05) is 18.0 Å². The maximum atomic E-state index is 12.5. The Balaban J connectivity index is 2.17. The molecule has 0 aliphatic carbocycles. The third kappa shape index (κ3) is 4.43. The summed E-state index contributed by atoms with van der Waals surface area (Å²) in [6.45, 7) is 4.53. The number of nitrogens with one attached hydrogen (secondary N) is 1. The Morgan fingerprint density at radius 1 is 1.48 bits per heavy atom. The van der Waals surface area contributed by atoms with Crippen LogP contribution >= 0.6 is 11.3 Å². The number of aryl methyl sites for hydroxylation is 1. The van der Waals surface area contributed by atoms with Crippen LogP contribution in [0.25, 0.3) is 0 Å². The summed E-state index contributed by atoms with van der Waals surface area (Å²) in [6, 6.07) is 4.90. The van der Waals surface area contributed by atoms with Gasteiger partial charge < -0.3 is 20.5 Å². The molecule has 1 heterocycles. The Labute approximate surface area is 139 Å². The van der Waals surface area contributed by atoms with Gasteiger partial charge in [0.05, 0.1) is 29.4 Å². The van der Waals surface area contributed by atoms with Gasteiger partial charge in [-0.1, -0.05) is 0 Å². The number of methoxy groups -OCH3 is 1. The lowest BCUT2D eigenvalue weighted by Gasteiger charge is -2.15. The Morgan fingerprint density at radius 3 is 2.87 bits per heavy atom. The molecule has 124 valence electrons. The van der Waals surface area contributed by atoms with Crippen molar-refractivity contribution in [2.24, 2.45) is 5.73 Å². The second-order valence-electron chi connectivity index (χ2n) is 4.99. The molecule has 2 aromatic rings. The van der Waals surface area contributed by atoms with Gasteiger partial charge in [0.25, 0.3) is 5.91 Å². The fourth-order valence-electron chi connectivity index (χ4n) is 2.03. The molecule has 0 aliphatic rings. The molecule has 0 saturated heterocycles. The Kier molecular flexibility index (Phi) is 5.95. The van der Waals surface area contributed by atoms with Crippen molar-refractivity contribution >= 4 is 17.2 Å². The molecule has 6 nitrogen and oxygen atoms in total. The van der Waals surface area contributed by atoms with Crippen LogP contribution in [0.3, 0.4) is 0 Å². The standard InChI is InChI=1S/C16H21N3O3S/c1-10(14-9-23-11(2)19-14)18-16(20)13-5-4-12(21-3)8-15(13)22-7-6-17/h4-5,8-10H,6-7,17H2,1-3H3,(H,18,20). The maximum absolute atomic E-state index is 12.5. The molecule has 7 heteroatoms. The molecule has 0 bridgehead atoms. The highest BCUT2D eigenvalue weighted by molar-refractivity contribution is 7.09. The van der Waals surface area contributed by atoms with Crippen molar-refractivity contribution in [1.82, 2.24) is 10.3 Å². The van der Waals surface area contributed by atoms with E-state index in [0.29, 0.717) is 30.2 Å². The molecule has 0 saturated carbocycles. The minimum atomic E-state index is -0.224. The van der Waals surface area contributed by atoms with Crippen molar-refractivity contribution in [2.45, 2.75) is 19.9 Å². The first-order chi connectivity index (χ1) is 11.0. The number of nitrogens with two attached hydrogens (primary N) is 1. The highest BCUT2D eigenvalue weighted by Crippen LogP contribution is 2.26. The van der Waals surface area contributed by atoms with E-state index in [9.17, 15) is 4.79 Å². The van der Waals surface area contributed by atoms with Crippen molar-refractivity contribution in [2.75, 3.05) is 20.3 Å². The van der Waals surface area contributed by atoms with Crippen LogP contribution in [0.5, 0.6) is 11.5 Å². The molecule has 1 amide bonds. The van der Waals surface area contributed by atoms with Crippen LogP contribution in [0.2, 0.25) is 0 Å². The molecular weight excluding hydrogens is 314 g/mol. The first kappa shape index (κ1) is 17.2. The van der Waals surface area contributed by atoms with Crippen LogP contribution in [-0.4, -0.2) is 31.2 Å². The van der Waals surface area contributed by atoms with Gasteiger partial charge in [-0.2, -0.15) is 0 Å². The summed E-state index contributed by atoms with van der Waals surface area (Å²) in [4.78, 5) is 16.9. The topological polar surface area (TPSA) is 86.5 Å². The van der Waals surface area contributed by atoms with Crippen molar-refractivity contribution in [1.29, 1.82) is 0 Å². The van der Waals surface area contributed by atoms with E-state index in [-0.39, 0.29) is 11.9 Å². The van der Waals surface area contributed by atoms with Crippen molar-refractivity contribution in [3.05, 3.63) is 39.8 Å². The molecule has 1 aromatic carbocycles. The highest BCUT2D eigenvalue weighted by Gasteiger charge is 2.18. The molecule has 1 atom stereocenters. The maximum Gasteiger partial charge on any atom is 0.255 e. The van der Waals surface area contributed by atoms with Crippen LogP contribution in [0.15, 0.2) is 23.6 Å². The molecule has 0 radical (unpaired) electrons. The number of hydrogen-bond donors (Lipinski definition) is 2. The van der Waals surface area contributed by atoms with E-state index in [1.54, 1.807) is 36.6 Å². The summed E-state index contributed by atoms with van der Waals surface area (Å²) in [5.74, 6) is 0.850. The van der Waals surface area contributed by atoms with E-state index in [1.165, 1.54) is 0 Å². The zero-order chi connectivity index (χ0) is 16.8. The molecular formula is C16H21N3O3S. The molecule has 23 heavy (non-hydrogen) atoms. The summed E-state index contributed by atoms with van der Waals surface area (Å²) >= 11 is 1.56. The van der Waals surface area contributed by atoms with Crippen molar-refractivity contribution in [3.8, 4) is 11.5 Å². The number of carbonyl (C=O) groups excluding carboxylic acids is 1. The van der Waals surface area contributed by atoms with Crippen molar-refractivity contribution < 1.29 is 14.3 Å². The SMILES string of the molecule is COc1ccc(C(=O)NC(C)c2csc(C)n2)c(OCCN)c1. The second-order valence-corrected chi connectivity index (χ2v) is 6.05. The van der Waals surface area contributed by atoms with E-state index in [2.05, 4.69) is 10.3 Å². The van der Waals surface area contributed by atoms with Crippen LogP contribution in [0, 0.1) is 6.92 Å². The van der Waals surface area contributed by atoms with E-state index in [1.807, 2.05) is 19.2 Å². The molecule has 1 aromatic heterocycles. The number of aromatic nitrogens is 1. The number of rotatable bonds is 7. The predicted molar refractivity (Wildman–Crippen MR) is 90.3 cm³/mol. The molecule has 0 aliphatic heterocycles. The van der Waals surface area contributed by atoms with Crippen LogP contribution < -0.4 is 20.5 Å². The molecule has 0 spiro atoms. The number of carbonyl (C=O) groups is 1. The average molecular weight is 335 g/mol. The summed E-state index contributed by atoms with van der Waals surface area (Å²) in [5, 5.41) is 5.85. The molecule has 3 N–H and O–H groups in total. The summed E-state index contributed by atoms with van der Waals surface area (Å²) in [6.07, 6.45) is 0. The monoisotopic (exact) mass is 335 g/mol. The number of ether oxygens (including phenoxy) is 2. The van der Waals surface area contributed by atoms with Gasteiger partial charge >= 0.3 is 0 Å². The van der Waals surface area contributed by atoms with Crippen LogP contribution in [0.4, 0.5) is 0 Å². The average Bonchev–Trinajstić information content (AvgIpc) is 2.99. The van der Waals surface area contributed by atoms with Gasteiger partial charge in [-0.25, -0.2) is 4.98 Å². The third-order valence-electron chi connectivity index (χ3n) is 3.24. The number of hydrogen-bond acceptors (Lipinski definition) is 6. The Bertz CT molecular complexity index is 672. The second kappa shape index (κ2) is 7.94. The van der Waals surface area contributed by atoms with Gasteiger partial charge in [-0.3, -0.25) is 4.79 Å². The lowest BCUT2D eigenvalue weighted by Crippen LogP contribution is -2.27. The first-order valence-electron chi connectivity index (χ1n) is 7.29. The summed E-state index contributed by atoms with van der Waals surface area (Å²) in [7, 11) is 1.56. The summed E-state index contributed by atoms with van der Waals surface area (Å²) < 4.78 is 10.7. The van der Waals surface area contributed by atoms with Gasteiger partial charge in [-0.05, 0) is 26.0 Å². The molecule has 2 rings (SSSR count). The number of nitrogens with zero attached hydrogens (tertiary/aromatic N) is 1. The third-order valence-corrected chi connectivity index (χ3v) is 4.03.